The number of ether oxygens (including phenoxy) is 1. The molecule has 0 unspecified atom stereocenters. The highest BCUT2D eigenvalue weighted by Crippen LogP contribution is 2.28. The number of nitrogens with zero attached hydrogens (tertiary/aromatic N) is 2. The standard InChI is InChI=1S/C26H22ClFN2O4/c1-16(2)22-21(14-31)30-11-10-29(13-18-8-9-20(28)19(27)12-18)26(33)23(30)25(24(22)32)34-15-17-6-4-3-5-7-17/h3-9,12,14H,1,10-11,13,15H2,2H3. The first kappa shape index (κ1) is 23.4. The first-order chi connectivity index (χ1) is 16.3. The molecule has 4 rings (SSSR count). The minimum absolute atomic E-state index is 0.00693. The molecule has 1 aromatic heterocycles. The van der Waals surface area contributed by atoms with Crippen molar-refractivity contribution in [2.24, 2.45) is 0 Å². The Labute approximate surface area is 200 Å². The number of allylic oxidation sites excluding steroid dienone is 1. The van der Waals surface area contributed by atoms with Crippen molar-refractivity contribution in [3.05, 3.63) is 104 Å². The largest absolute Gasteiger partial charge is 0.483 e. The highest BCUT2D eigenvalue weighted by molar-refractivity contribution is 6.30. The molecule has 1 amide bonds. The van der Waals surface area contributed by atoms with E-state index in [-0.39, 0.29) is 54.0 Å². The van der Waals surface area contributed by atoms with Crippen LogP contribution in [0.3, 0.4) is 0 Å². The van der Waals surface area contributed by atoms with Gasteiger partial charge in [0, 0.05) is 19.6 Å². The van der Waals surface area contributed by atoms with Gasteiger partial charge in [-0.1, -0.05) is 54.6 Å². The van der Waals surface area contributed by atoms with E-state index in [0.717, 1.165) is 5.56 Å². The smallest absolute Gasteiger partial charge is 0.274 e. The fourth-order valence-corrected chi connectivity index (χ4v) is 4.24. The second kappa shape index (κ2) is 9.65. The van der Waals surface area contributed by atoms with Crippen LogP contribution in [0.2, 0.25) is 5.02 Å². The van der Waals surface area contributed by atoms with Crippen LogP contribution in [-0.4, -0.2) is 28.2 Å². The van der Waals surface area contributed by atoms with E-state index in [2.05, 4.69) is 6.58 Å². The van der Waals surface area contributed by atoms with Crippen LogP contribution in [0.25, 0.3) is 5.57 Å². The molecule has 174 valence electrons. The molecule has 0 saturated heterocycles. The number of pyridine rings is 1. The van der Waals surface area contributed by atoms with Crippen LogP contribution in [0.4, 0.5) is 4.39 Å². The van der Waals surface area contributed by atoms with E-state index in [1.165, 1.54) is 21.6 Å². The normalized spacial score (nSPS) is 12.9. The van der Waals surface area contributed by atoms with E-state index < -0.39 is 17.2 Å². The monoisotopic (exact) mass is 480 g/mol. The molecule has 8 heteroatoms. The highest BCUT2D eigenvalue weighted by atomic mass is 35.5. The molecule has 0 radical (unpaired) electrons. The third kappa shape index (κ3) is 4.39. The molecular weight excluding hydrogens is 459 g/mol. The fraction of sp³-hybridized carbons (Fsp3) is 0.192. The molecule has 2 aromatic carbocycles. The second-order valence-electron chi connectivity index (χ2n) is 8.07. The van der Waals surface area contributed by atoms with Crippen molar-refractivity contribution in [3.63, 3.8) is 0 Å². The minimum Gasteiger partial charge on any atom is -0.483 e. The summed E-state index contributed by atoms with van der Waals surface area (Å²) in [6.07, 6.45) is 0.568. The zero-order valence-corrected chi connectivity index (χ0v) is 19.3. The van der Waals surface area contributed by atoms with Gasteiger partial charge in [-0.05, 0) is 35.8 Å². The number of hydrogen-bond donors (Lipinski definition) is 0. The Morgan fingerprint density at radius 2 is 1.88 bits per heavy atom. The van der Waals surface area contributed by atoms with Gasteiger partial charge >= 0.3 is 0 Å². The number of aromatic nitrogens is 1. The average molecular weight is 481 g/mol. The summed E-state index contributed by atoms with van der Waals surface area (Å²) in [6, 6.07) is 13.5. The van der Waals surface area contributed by atoms with Crippen LogP contribution >= 0.6 is 11.6 Å². The van der Waals surface area contributed by atoms with Crippen molar-refractivity contribution in [1.29, 1.82) is 0 Å². The Hall–Kier alpha value is -3.71. The van der Waals surface area contributed by atoms with Crippen molar-refractivity contribution in [1.82, 2.24) is 9.47 Å². The quantitative estimate of drug-likeness (QED) is 0.459. The maximum atomic E-state index is 13.6. The molecule has 0 saturated carbocycles. The van der Waals surface area contributed by atoms with E-state index in [1.807, 2.05) is 30.3 Å². The molecule has 0 spiro atoms. The van der Waals surface area contributed by atoms with Gasteiger partial charge in [0.05, 0.1) is 16.3 Å². The van der Waals surface area contributed by atoms with Crippen LogP contribution < -0.4 is 10.2 Å². The molecule has 34 heavy (non-hydrogen) atoms. The van der Waals surface area contributed by atoms with E-state index in [9.17, 15) is 18.8 Å². The molecule has 2 heterocycles. The summed E-state index contributed by atoms with van der Waals surface area (Å²) in [4.78, 5) is 40.4. The molecule has 3 aromatic rings. The summed E-state index contributed by atoms with van der Waals surface area (Å²) < 4.78 is 21.0. The number of hydrogen-bond acceptors (Lipinski definition) is 4. The maximum absolute atomic E-state index is 13.6. The lowest BCUT2D eigenvalue weighted by molar-refractivity contribution is 0.0678. The Kier molecular flexibility index (Phi) is 6.65. The Bertz CT molecular complexity index is 1350. The molecule has 0 bridgehead atoms. The van der Waals surface area contributed by atoms with Gasteiger partial charge in [0.2, 0.25) is 5.43 Å². The fourth-order valence-electron chi connectivity index (χ4n) is 4.04. The van der Waals surface area contributed by atoms with Gasteiger partial charge < -0.3 is 14.2 Å². The SMILES string of the molecule is C=C(C)c1c(C=O)n2c(c(OCc3ccccc3)c1=O)C(=O)N(Cc1ccc(F)c(Cl)c1)CC2. The summed E-state index contributed by atoms with van der Waals surface area (Å²) in [6.45, 7) is 6.25. The summed E-state index contributed by atoms with van der Waals surface area (Å²) in [5, 5.41) is -0.0418. The predicted octanol–water partition coefficient (Wildman–Crippen LogP) is 4.72. The number of halogens is 2. The summed E-state index contributed by atoms with van der Waals surface area (Å²) in [5.74, 6) is -1.14. The van der Waals surface area contributed by atoms with Crippen molar-refractivity contribution in [2.45, 2.75) is 26.6 Å². The number of amides is 1. The lowest BCUT2D eigenvalue weighted by Gasteiger charge is -2.32. The zero-order valence-electron chi connectivity index (χ0n) is 18.5. The van der Waals surface area contributed by atoms with Crippen LogP contribution in [0.5, 0.6) is 5.75 Å². The van der Waals surface area contributed by atoms with Crippen molar-refractivity contribution >= 4 is 29.4 Å². The Morgan fingerprint density at radius 1 is 1.15 bits per heavy atom. The number of carbonyl (C=O) groups excluding carboxylic acids is 2. The lowest BCUT2D eigenvalue weighted by Crippen LogP contribution is -2.43. The molecule has 6 nitrogen and oxygen atoms in total. The van der Waals surface area contributed by atoms with Crippen LogP contribution in [0.15, 0.2) is 59.9 Å². The number of rotatable bonds is 7. The topological polar surface area (TPSA) is 68.6 Å². The zero-order chi connectivity index (χ0) is 24.4. The molecule has 0 atom stereocenters. The summed E-state index contributed by atoms with van der Waals surface area (Å²) in [7, 11) is 0. The van der Waals surface area contributed by atoms with Gasteiger partial charge in [0.1, 0.15) is 12.4 Å². The van der Waals surface area contributed by atoms with E-state index in [4.69, 9.17) is 16.3 Å². The summed E-state index contributed by atoms with van der Waals surface area (Å²) >= 11 is 5.89. The molecule has 0 fully saturated rings. The second-order valence-corrected chi connectivity index (χ2v) is 8.47. The minimum atomic E-state index is -0.559. The summed E-state index contributed by atoms with van der Waals surface area (Å²) in [5.41, 5.74) is 1.53. The molecule has 0 N–H and O–H groups in total. The van der Waals surface area contributed by atoms with Gasteiger partial charge in [-0.25, -0.2) is 4.39 Å². The first-order valence-electron chi connectivity index (χ1n) is 10.6. The molecule has 1 aliphatic heterocycles. The van der Waals surface area contributed by atoms with E-state index in [0.29, 0.717) is 17.4 Å². The van der Waals surface area contributed by atoms with E-state index in [1.54, 1.807) is 13.0 Å². The van der Waals surface area contributed by atoms with Gasteiger partial charge in [0.25, 0.3) is 5.91 Å². The van der Waals surface area contributed by atoms with Crippen molar-refractivity contribution in [2.75, 3.05) is 6.54 Å². The maximum Gasteiger partial charge on any atom is 0.274 e. The van der Waals surface area contributed by atoms with Crippen LogP contribution in [0.1, 0.15) is 44.6 Å². The molecular formula is C26H22ClFN2O4. The van der Waals surface area contributed by atoms with Crippen LogP contribution in [0, 0.1) is 5.82 Å². The number of aldehydes is 1. The van der Waals surface area contributed by atoms with Crippen molar-refractivity contribution in [3.8, 4) is 5.75 Å². The third-order valence-electron chi connectivity index (χ3n) is 5.67. The highest BCUT2D eigenvalue weighted by Gasteiger charge is 2.33. The molecule has 0 aliphatic carbocycles. The average Bonchev–Trinajstić information content (AvgIpc) is 2.82. The third-order valence-corrected chi connectivity index (χ3v) is 5.96. The van der Waals surface area contributed by atoms with E-state index >= 15 is 0 Å². The van der Waals surface area contributed by atoms with Crippen LogP contribution in [-0.2, 0) is 19.7 Å². The Balaban J connectivity index is 1.79. The molecule has 1 aliphatic rings. The van der Waals surface area contributed by atoms with Gasteiger partial charge in [-0.3, -0.25) is 14.4 Å². The number of carbonyl (C=O) groups is 2. The number of benzene rings is 2. The van der Waals surface area contributed by atoms with Gasteiger partial charge in [-0.15, -0.1) is 0 Å². The van der Waals surface area contributed by atoms with Gasteiger partial charge in [0.15, 0.2) is 17.7 Å². The van der Waals surface area contributed by atoms with Crippen molar-refractivity contribution < 1.29 is 18.7 Å². The van der Waals surface area contributed by atoms with Gasteiger partial charge in [-0.2, -0.15) is 0 Å². The predicted molar refractivity (Wildman–Crippen MR) is 128 cm³/mol. The Morgan fingerprint density at radius 3 is 2.53 bits per heavy atom. The number of fused-ring (bicyclic) bond motifs is 1. The lowest BCUT2D eigenvalue weighted by atomic mass is 10.0. The first-order valence-corrected chi connectivity index (χ1v) is 11.0.